The highest BCUT2D eigenvalue weighted by Gasteiger charge is 2.61. The number of aliphatic hydroxyl groups is 5. The fourth-order valence-corrected chi connectivity index (χ4v) is 4.03. The van der Waals surface area contributed by atoms with Crippen LogP contribution in [-0.2, 0) is 28.6 Å². The van der Waals surface area contributed by atoms with Gasteiger partial charge in [0.2, 0.25) is 0 Å². The zero-order valence-electron chi connectivity index (χ0n) is 24.4. The summed E-state index contributed by atoms with van der Waals surface area (Å²) < 4.78 is 16.5. The topological polar surface area (TPSA) is 180 Å². The molecule has 1 fully saturated rings. The van der Waals surface area contributed by atoms with E-state index in [1.165, 1.54) is 26.8 Å². The van der Waals surface area contributed by atoms with Crippen LogP contribution in [-0.4, -0.2) is 91.3 Å². The van der Waals surface area contributed by atoms with Crippen LogP contribution in [0.25, 0.3) is 0 Å². The smallest absolute Gasteiger partial charge is 0.333 e. The Labute approximate surface area is 230 Å². The van der Waals surface area contributed by atoms with Crippen molar-refractivity contribution in [2.45, 2.75) is 117 Å². The Morgan fingerprint density at radius 1 is 1.05 bits per heavy atom. The maximum absolute atomic E-state index is 12.6. The molecule has 0 unspecified atom stereocenters. The first-order chi connectivity index (χ1) is 17.7. The minimum absolute atomic E-state index is 0.0858. The minimum Gasteiger partial charge on any atom is -0.458 e. The number of aliphatic hydroxyl groups excluding tert-OH is 3. The molecule has 5 N–H and O–H groups in total. The summed E-state index contributed by atoms with van der Waals surface area (Å²) in [6.07, 6.45) is -8.65. The zero-order valence-corrected chi connectivity index (χ0v) is 24.4. The van der Waals surface area contributed by atoms with E-state index in [4.69, 9.17) is 14.2 Å². The minimum atomic E-state index is -2.27. The van der Waals surface area contributed by atoms with Crippen molar-refractivity contribution in [1.82, 2.24) is 0 Å². The molecule has 0 aromatic carbocycles. The van der Waals surface area contributed by atoms with Crippen LogP contribution in [0.15, 0.2) is 23.8 Å². The fourth-order valence-electron chi connectivity index (χ4n) is 4.03. The summed E-state index contributed by atoms with van der Waals surface area (Å²) in [5, 5.41) is 54.8. The van der Waals surface area contributed by atoms with Gasteiger partial charge >= 0.3 is 17.9 Å². The lowest BCUT2D eigenvalue weighted by Crippen LogP contribution is -2.70. The number of hydrogen-bond donors (Lipinski definition) is 5. The molecule has 1 saturated carbocycles. The average molecular weight is 559 g/mol. The highest BCUT2D eigenvalue weighted by molar-refractivity contribution is 5.87. The Hall–Kier alpha value is -2.31. The van der Waals surface area contributed by atoms with E-state index in [1.54, 1.807) is 34.6 Å². The molecule has 1 rings (SSSR count). The molecule has 8 atom stereocenters. The zero-order chi connectivity index (χ0) is 30.6. The molecule has 0 spiro atoms. The number of esters is 3. The van der Waals surface area contributed by atoms with Crippen molar-refractivity contribution < 1.29 is 54.1 Å². The Morgan fingerprint density at radius 3 is 2.00 bits per heavy atom. The van der Waals surface area contributed by atoms with E-state index in [1.807, 2.05) is 0 Å². The molecule has 0 aromatic rings. The molecule has 0 amide bonds. The SMILES string of the molecule is C=C([C@H]1[C@H](O)[C@H](OC(=O)/C(C)=C\C)[C@@H](O)[C@@](C)(O)[C@H]1OC(=O)C(C)C)[C@@H](C[C@H](O)C(C)(C)O)OC(=O)C(C)C. The summed E-state index contributed by atoms with van der Waals surface area (Å²) in [6.45, 7) is 17.1. The lowest BCUT2D eigenvalue weighted by molar-refractivity contribution is -0.256. The summed E-state index contributed by atoms with van der Waals surface area (Å²) >= 11 is 0. The molecule has 0 aliphatic heterocycles. The Bertz CT molecular complexity index is 928. The van der Waals surface area contributed by atoms with E-state index < -0.39 is 83.5 Å². The first-order valence-corrected chi connectivity index (χ1v) is 13.1. The Balaban J connectivity index is 3.69. The van der Waals surface area contributed by atoms with Gasteiger partial charge in [0, 0.05) is 12.0 Å². The second-order valence-corrected chi connectivity index (χ2v) is 11.6. The van der Waals surface area contributed by atoms with Gasteiger partial charge in [0.05, 0.1) is 29.5 Å². The van der Waals surface area contributed by atoms with Crippen molar-refractivity contribution in [1.29, 1.82) is 0 Å². The van der Waals surface area contributed by atoms with Crippen molar-refractivity contribution in [3.63, 3.8) is 0 Å². The molecule has 39 heavy (non-hydrogen) atoms. The van der Waals surface area contributed by atoms with Gasteiger partial charge in [-0.1, -0.05) is 40.3 Å². The molecule has 11 nitrogen and oxygen atoms in total. The standard InChI is InChI=1S/C28H46O11/c1-11-15(6)26(34)38-21-20(30)19(23(28(10,36)22(21)31)39-25(33)14(4)5)16(7)17(37-24(32)13(2)3)12-18(29)27(8,9)35/h11,13-14,17-23,29-31,35-36H,7,12H2,1-6,8-10H3/b15-11-/t17-,18+,19+,20+,21+,22-,23+,28-/m1/s1. The summed E-state index contributed by atoms with van der Waals surface area (Å²) in [5.74, 6) is -4.97. The van der Waals surface area contributed by atoms with Gasteiger partial charge in [-0.15, -0.1) is 0 Å². The van der Waals surface area contributed by atoms with E-state index in [2.05, 4.69) is 6.58 Å². The lowest BCUT2D eigenvalue weighted by Gasteiger charge is -2.51. The Morgan fingerprint density at radius 2 is 1.56 bits per heavy atom. The number of ether oxygens (including phenoxy) is 3. The lowest BCUT2D eigenvalue weighted by atomic mass is 9.67. The van der Waals surface area contributed by atoms with E-state index in [9.17, 15) is 39.9 Å². The molecule has 0 radical (unpaired) electrons. The number of rotatable bonds is 11. The van der Waals surface area contributed by atoms with Gasteiger partial charge in [-0.25, -0.2) is 4.79 Å². The molecule has 1 aliphatic carbocycles. The number of carbonyl (C=O) groups excluding carboxylic acids is 3. The van der Waals surface area contributed by atoms with Crippen molar-refractivity contribution in [3.8, 4) is 0 Å². The van der Waals surface area contributed by atoms with Gasteiger partial charge in [-0.2, -0.15) is 0 Å². The van der Waals surface area contributed by atoms with E-state index in [-0.39, 0.29) is 17.6 Å². The molecule has 0 heterocycles. The highest BCUT2D eigenvalue weighted by atomic mass is 16.6. The van der Waals surface area contributed by atoms with Crippen LogP contribution >= 0.6 is 0 Å². The summed E-state index contributed by atoms with van der Waals surface area (Å²) in [4.78, 5) is 37.8. The largest absolute Gasteiger partial charge is 0.458 e. The maximum Gasteiger partial charge on any atom is 0.333 e. The quantitative estimate of drug-likeness (QED) is 0.106. The molecule has 0 saturated heterocycles. The highest BCUT2D eigenvalue weighted by Crippen LogP contribution is 2.43. The van der Waals surface area contributed by atoms with Gasteiger partial charge < -0.3 is 39.7 Å². The monoisotopic (exact) mass is 558 g/mol. The van der Waals surface area contributed by atoms with Crippen LogP contribution in [0.1, 0.15) is 68.7 Å². The molecular weight excluding hydrogens is 512 g/mol. The van der Waals surface area contributed by atoms with Crippen molar-refractivity contribution in [3.05, 3.63) is 23.8 Å². The molecule has 0 aromatic heterocycles. The van der Waals surface area contributed by atoms with Crippen molar-refractivity contribution >= 4 is 17.9 Å². The van der Waals surface area contributed by atoms with Gasteiger partial charge in [-0.05, 0) is 40.2 Å². The normalized spacial score (nSPS) is 29.5. The number of allylic oxidation sites excluding steroid dienone is 1. The van der Waals surface area contributed by atoms with Gasteiger partial charge in [-0.3, -0.25) is 9.59 Å². The molecular formula is C28H46O11. The van der Waals surface area contributed by atoms with Crippen LogP contribution in [0.2, 0.25) is 0 Å². The van der Waals surface area contributed by atoms with E-state index in [0.717, 1.165) is 6.92 Å². The van der Waals surface area contributed by atoms with Crippen LogP contribution in [0.4, 0.5) is 0 Å². The Kier molecular flexibility index (Phi) is 11.9. The van der Waals surface area contributed by atoms with E-state index >= 15 is 0 Å². The van der Waals surface area contributed by atoms with Crippen LogP contribution < -0.4 is 0 Å². The molecule has 224 valence electrons. The summed E-state index contributed by atoms with van der Waals surface area (Å²) in [7, 11) is 0. The van der Waals surface area contributed by atoms with Crippen LogP contribution in [0, 0.1) is 17.8 Å². The van der Waals surface area contributed by atoms with Gasteiger partial charge in [0.1, 0.15) is 30.0 Å². The first-order valence-electron chi connectivity index (χ1n) is 13.1. The molecule has 11 heteroatoms. The van der Waals surface area contributed by atoms with Crippen molar-refractivity contribution in [2.24, 2.45) is 17.8 Å². The average Bonchev–Trinajstić information content (AvgIpc) is 2.82. The summed E-state index contributed by atoms with van der Waals surface area (Å²) in [5.41, 5.74) is -3.79. The molecule has 1 aliphatic rings. The predicted octanol–water partition coefficient (Wildman–Crippen LogP) is 1.18. The third kappa shape index (κ3) is 8.34. The van der Waals surface area contributed by atoms with E-state index in [0.29, 0.717) is 0 Å². The number of carbonyl (C=O) groups is 3. The van der Waals surface area contributed by atoms with Gasteiger partial charge in [0.25, 0.3) is 0 Å². The third-order valence-corrected chi connectivity index (χ3v) is 7.05. The third-order valence-electron chi connectivity index (χ3n) is 7.05. The predicted molar refractivity (Wildman–Crippen MR) is 141 cm³/mol. The molecule has 0 bridgehead atoms. The number of hydrogen-bond acceptors (Lipinski definition) is 11. The summed E-state index contributed by atoms with van der Waals surface area (Å²) in [6, 6.07) is 0. The second kappa shape index (κ2) is 13.4. The van der Waals surface area contributed by atoms with Crippen LogP contribution in [0.3, 0.4) is 0 Å². The van der Waals surface area contributed by atoms with Crippen LogP contribution in [0.5, 0.6) is 0 Å². The second-order valence-electron chi connectivity index (χ2n) is 11.6. The van der Waals surface area contributed by atoms with Crippen molar-refractivity contribution in [2.75, 3.05) is 0 Å². The maximum atomic E-state index is 12.6. The van der Waals surface area contributed by atoms with Gasteiger partial charge in [0.15, 0.2) is 6.10 Å². The fraction of sp³-hybridized carbons (Fsp3) is 0.750. The first kappa shape index (κ1) is 34.7.